The first-order chi connectivity index (χ1) is 9.45. The normalized spacial score (nSPS) is 10.3. The highest BCUT2D eigenvalue weighted by atomic mass is 19.1. The Bertz CT molecular complexity index is 597. The van der Waals surface area contributed by atoms with E-state index in [4.69, 9.17) is 5.73 Å². The van der Waals surface area contributed by atoms with Crippen LogP contribution in [-0.2, 0) is 11.2 Å². The summed E-state index contributed by atoms with van der Waals surface area (Å²) >= 11 is 0. The number of halogens is 1. The van der Waals surface area contributed by atoms with E-state index in [2.05, 4.69) is 5.32 Å². The van der Waals surface area contributed by atoms with E-state index in [9.17, 15) is 9.18 Å². The zero-order valence-electron chi connectivity index (χ0n) is 11.5. The molecule has 0 aliphatic rings. The molecule has 0 aromatic heterocycles. The van der Waals surface area contributed by atoms with Crippen LogP contribution in [0.3, 0.4) is 0 Å². The van der Waals surface area contributed by atoms with Crippen molar-refractivity contribution in [1.82, 2.24) is 0 Å². The molecule has 3 nitrogen and oxygen atoms in total. The van der Waals surface area contributed by atoms with Crippen LogP contribution < -0.4 is 11.1 Å². The van der Waals surface area contributed by atoms with Crippen molar-refractivity contribution >= 4 is 17.3 Å². The number of carbonyl (C=O) groups is 1. The topological polar surface area (TPSA) is 55.1 Å². The second-order valence-corrected chi connectivity index (χ2v) is 4.88. The van der Waals surface area contributed by atoms with Crippen molar-refractivity contribution in [3.63, 3.8) is 0 Å². The van der Waals surface area contributed by atoms with Crippen molar-refractivity contribution in [3.8, 4) is 0 Å². The molecule has 0 aliphatic carbocycles. The summed E-state index contributed by atoms with van der Waals surface area (Å²) in [7, 11) is 0. The van der Waals surface area contributed by atoms with Crippen LogP contribution >= 0.6 is 0 Å². The lowest BCUT2D eigenvalue weighted by atomic mass is 10.0. The number of rotatable bonds is 3. The average molecular weight is 272 g/mol. The molecule has 0 atom stereocenters. The molecule has 20 heavy (non-hydrogen) atoms. The molecule has 0 bridgehead atoms. The fourth-order valence-electron chi connectivity index (χ4n) is 1.91. The lowest BCUT2D eigenvalue weighted by Crippen LogP contribution is -2.14. The molecular formula is C16H17FN2O. The molecule has 2 aromatic carbocycles. The summed E-state index contributed by atoms with van der Waals surface area (Å²) < 4.78 is 13.3. The summed E-state index contributed by atoms with van der Waals surface area (Å²) in [5.41, 5.74) is 9.13. The van der Waals surface area contributed by atoms with E-state index in [1.54, 1.807) is 6.07 Å². The van der Waals surface area contributed by atoms with Gasteiger partial charge in [-0.1, -0.05) is 18.2 Å². The molecule has 0 fully saturated rings. The van der Waals surface area contributed by atoms with Crippen LogP contribution in [0.4, 0.5) is 15.8 Å². The van der Waals surface area contributed by atoms with Gasteiger partial charge in [0.1, 0.15) is 5.82 Å². The van der Waals surface area contributed by atoms with Crippen molar-refractivity contribution < 1.29 is 9.18 Å². The van der Waals surface area contributed by atoms with E-state index in [0.717, 1.165) is 11.1 Å². The molecule has 104 valence electrons. The summed E-state index contributed by atoms with van der Waals surface area (Å²) in [6.07, 6.45) is 0.257. The van der Waals surface area contributed by atoms with Crippen LogP contribution in [0.1, 0.15) is 16.7 Å². The quantitative estimate of drug-likeness (QED) is 0.843. The third kappa shape index (κ3) is 3.35. The Hall–Kier alpha value is -2.36. The molecule has 2 rings (SSSR count). The maximum atomic E-state index is 13.3. The number of nitrogen functional groups attached to an aromatic ring is 1. The third-order valence-electron chi connectivity index (χ3n) is 3.22. The summed E-state index contributed by atoms with van der Waals surface area (Å²) in [5.74, 6) is -0.716. The number of amides is 1. The number of carbonyl (C=O) groups excluding carboxylic acids is 1. The van der Waals surface area contributed by atoms with Gasteiger partial charge in [0.05, 0.1) is 12.1 Å². The molecule has 3 N–H and O–H groups in total. The predicted molar refractivity (Wildman–Crippen MR) is 79.1 cm³/mol. The Morgan fingerprint density at radius 1 is 1.15 bits per heavy atom. The van der Waals surface area contributed by atoms with Crippen molar-refractivity contribution in [2.24, 2.45) is 0 Å². The average Bonchev–Trinajstić information content (AvgIpc) is 2.38. The molecule has 1 amide bonds. The molecule has 0 aliphatic heterocycles. The zero-order chi connectivity index (χ0) is 14.7. The first-order valence-corrected chi connectivity index (χ1v) is 6.36. The van der Waals surface area contributed by atoms with Gasteiger partial charge < -0.3 is 11.1 Å². The van der Waals surface area contributed by atoms with E-state index in [0.29, 0.717) is 5.69 Å². The summed E-state index contributed by atoms with van der Waals surface area (Å²) in [6.45, 7) is 4.03. The lowest BCUT2D eigenvalue weighted by Gasteiger charge is -2.08. The van der Waals surface area contributed by atoms with Gasteiger partial charge in [-0.3, -0.25) is 4.79 Å². The molecule has 0 unspecified atom stereocenters. The number of anilines is 2. The van der Waals surface area contributed by atoms with Crippen LogP contribution in [0.5, 0.6) is 0 Å². The van der Waals surface area contributed by atoms with Gasteiger partial charge in [-0.25, -0.2) is 4.39 Å². The van der Waals surface area contributed by atoms with Crippen LogP contribution in [0.2, 0.25) is 0 Å². The maximum Gasteiger partial charge on any atom is 0.228 e. The SMILES string of the molecule is Cc1ccc(CC(=O)Nc2ccc(N)c(F)c2)cc1C. The van der Waals surface area contributed by atoms with E-state index in [1.807, 2.05) is 32.0 Å². The largest absolute Gasteiger partial charge is 0.396 e. The van der Waals surface area contributed by atoms with Crippen molar-refractivity contribution in [2.45, 2.75) is 20.3 Å². The standard InChI is InChI=1S/C16H17FN2O/c1-10-3-4-12(7-11(10)2)8-16(20)19-13-5-6-15(18)14(17)9-13/h3-7,9H,8,18H2,1-2H3,(H,19,20). The fourth-order valence-corrected chi connectivity index (χ4v) is 1.91. The smallest absolute Gasteiger partial charge is 0.228 e. The molecule has 0 saturated heterocycles. The number of aryl methyl sites for hydroxylation is 2. The first kappa shape index (κ1) is 14.1. The Morgan fingerprint density at radius 3 is 2.55 bits per heavy atom. The Morgan fingerprint density at radius 2 is 1.90 bits per heavy atom. The third-order valence-corrected chi connectivity index (χ3v) is 3.22. The molecule has 4 heteroatoms. The fraction of sp³-hybridized carbons (Fsp3) is 0.188. The van der Waals surface area contributed by atoms with Crippen molar-refractivity contribution in [2.75, 3.05) is 11.1 Å². The monoisotopic (exact) mass is 272 g/mol. The highest BCUT2D eigenvalue weighted by molar-refractivity contribution is 5.92. The van der Waals surface area contributed by atoms with Gasteiger partial charge in [-0.15, -0.1) is 0 Å². The highest BCUT2D eigenvalue weighted by Gasteiger charge is 2.07. The molecule has 0 saturated carbocycles. The minimum absolute atomic E-state index is 0.0668. The number of nitrogens with one attached hydrogen (secondary N) is 1. The van der Waals surface area contributed by atoms with Gasteiger partial charge in [0, 0.05) is 5.69 Å². The van der Waals surface area contributed by atoms with E-state index in [-0.39, 0.29) is 18.0 Å². The van der Waals surface area contributed by atoms with Gasteiger partial charge in [0.15, 0.2) is 0 Å². The van der Waals surface area contributed by atoms with Gasteiger partial charge in [-0.05, 0) is 48.7 Å². The predicted octanol–water partition coefficient (Wildman–Crippen LogP) is 3.21. The molecule has 2 aromatic rings. The van der Waals surface area contributed by atoms with Gasteiger partial charge in [-0.2, -0.15) is 0 Å². The molecule has 0 spiro atoms. The second kappa shape index (κ2) is 5.74. The van der Waals surface area contributed by atoms with Gasteiger partial charge in [0.2, 0.25) is 5.91 Å². The number of benzene rings is 2. The summed E-state index contributed by atoms with van der Waals surface area (Å²) in [4.78, 5) is 11.9. The van der Waals surface area contributed by atoms with E-state index in [1.165, 1.54) is 17.7 Å². The van der Waals surface area contributed by atoms with Crippen LogP contribution in [-0.4, -0.2) is 5.91 Å². The Balaban J connectivity index is 2.04. The Kier molecular flexibility index (Phi) is 4.03. The van der Waals surface area contributed by atoms with E-state index >= 15 is 0 Å². The second-order valence-electron chi connectivity index (χ2n) is 4.88. The number of hydrogen-bond acceptors (Lipinski definition) is 2. The Labute approximate surface area is 117 Å². The molecule has 0 heterocycles. The highest BCUT2D eigenvalue weighted by Crippen LogP contribution is 2.16. The maximum absolute atomic E-state index is 13.3. The zero-order valence-corrected chi connectivity index (χ0v) is 11.5. The van der Waals surface area contributed by atoms with Crippen molar-refractivity contribution in [1.29, 1.82) is 0 Å². The van der Waals surface area contributed by atoms with Crippen LogP contribution in [0.15, 0.2) is 36.4 Å². The minimum Gasteiger partial charge on any atom is -0.396 e. The molecular weight excluding hydrogens is 255 g/mol. The first-order valence-electron chi connectivity index (χ1n) is 6.36. The van der Waals surface area contributed by atoms with Crippen molar-refractivity contribution in [3.05, 3.63) is 58.9 Å². The van der Waals surface area contributed by atoms with Crippen LogP contribution in [0.25, 0.3) is 0 Å². The summed E-state index contributed by atoms with van der Waals surface area (Å²) in [5, 5.41) is 2.66. The van der Waals surface area contributed by atoms with E-state index < -0.39 is 5.82 Å². The number of hydrogen-bond donors (Lipinski definition) is 2. The van der Waals surface area contributed by atoms with Crippen LogP contribution in [0, 0.1) is 19.7 Å². The summed E-state index contributed by atoms with van der Waals surface area (Å²) in [6, 6.07) is 10.1. The van der Waals surface area contributed by atoms with Gasteiger partial charge >= 0.3 is 0 Å². The minimum atomic E-state index is -0.533. The lowest BCUT2D eigenvalue weighted by molar-refractivity contribution is -0.115. The number of nitrogens with two attached hydrogens (primary N) is 1. The van der Waals surface area contributed by atoms with Gasteiger partial charge in [0.25, 0.3) is 0 Å². The molecule has 0 radical (unpaired) electrons.